The molecule has 2 aromatic heterocycles. The molecule has 0 saturated carbocycles. The number of primary amides is 1. The second-order valence-electron chi connectivity index (χ2n) is 9.19. The monoisotopic (exact) mass is 483 g/mol. The van der Waals surface area contributed by atoms with Gasteiger partial charge in [0.1, 0.15) is 5.60 Å². The van der Waals surface area contributed by atoms with E-state index in [0.717, 1.165) is 23.5 Å². The van der Waals surface area contributed by atoms with Gasteiger partial charge < -0.3 is 20.1 Å². The van der Waals surface area contributed by atoms with Crippen LogP contribution >= 0.6 is 11.3 Å². The molecule has 1 fully saturated rings. The molecule has 0 atom stereocenters. The fourth-order valence-electron chi connectivity index (χ4n) is 3.91. The summed E-state index contributed by atoms with van der Waals surface area (Å²) >= 11 is 1.47. The van der Waals surface area contributed by atoms with Crippen molar-refractivity contribution in [2.75, 3.05) is 20.2 Å². The first-order valence-electron chi connectivity index (χ1n) is 11.1. The molecule has 9 nitrogen and oxygen atoms in total. The van der Waals surface area contributed by atoms with Crippen molar-refractivity contribution in [3.8, 4) is 22.1 Å². The summed E-state index contributed by atoms with van der Waals surface area (Å²) in [7, 11) is 1.62. The van der Waals surface area contributed by atoms with Gasteiger partial charge in [0, 0.05) is 24.6 Å². The minimum Gasteiger partial charge on any atom is -0.487 e. The van der Waals surface area contributed by atoms with Crippen molar-refractivity contribution < 1.29 is 19.1 Å². The summed E-state index contributed by atoms with van der Waals surface area (Å²) in [6, 6.07) is 8.94. The predicted molar refractivity (Wildman–Crippen MR) is 130 cm³/mol. The Morgan fingerprint density at radius 1 is 1.18 bits per heavy atom. The van der Waals surface area contributed by atoms with Gasteiger partial charge >= 0.3 is 6.09 Å². The lowest BCUT2D eigenvalue weighted by atomic mass is 9.96. The SMILES string of the molecule is COc1sccc1-c1nc(C2CCN(C(=O)OC(C)(C)C)CC2)nn1-c1cccc(C(N)=O)c1. The average Bonchev–Trinajstić information content (AvgIpc) is 3.45. The first-order chi connectivity index (χ1) is 16.2. The number of likely N-dealkylation sites (tertiary alicyclic amines) is 1. The Labute approximate surface area is 202 Å². The molecule has 1 aliphatic heterocycles. The molecule has 1 aliphatic rings. The van der Waals surface area contributed by atoms with Crippen LogP contribution in [0.3, 0.4) is 0 Å². The molecule has 0 aliphatic carbocycles. The van der Waals surface area contributed by atoms with Crippen LogP contribution in [0.4, 0.5) is 4.79 Å². The maximum Gasteiger partial charge on any atom is 0.410 e. The Morgan fingerprint density at radius 2 is 1.91 bits per heavy atom. The van der Waals surface area contributed by atoms with E-state index in [1.807, 2.05) is 38.3 Å². The molecule has 1 aromatic carbocycles. The molecule has 180 valence electrons. The molecule has 0 unspecified atom stereocenters. The summed E-state index contributed by atoms with van der Waals surface area (Å²) in [4.78, 5) is 30.8. The lowest BCUT2D eigenvalue weighted by molar-refractivity contribution is 0.0203. The Morgan fingerprint density at radius 3 is 2.56 bits per heavy atom. The van der Waals surface area contributed by atoms with Gasteiger partial charge in [-0.3, -0.25) is 4.79 Å². The number of piperidine rings is 1. The van der Waals surface area contributed by atoms with E-state index in [1.54, 1.807) is 34.9 Å². The molecule has 1 saturated heterocycles. The number of thiophene rings is 1. The molecular formula is C24H29N5O4S. The van der Waals surface area contributed by atoms with Gasteiger partial charge in [-0.05, 0) is 63.3 Å². The van der Waals surface area contributed by atoms with Crippen LogP contribution in [0.1, 0.15) is 55.7 Å². The molecule has 34 heavy (non-hydrogen) atoms. The second-order valence-corrected chi connectivity index (χ2v) is 10.1. The average molecular weight is 484 g/mol. The Balaban J connectivity index is 1.64. The number of aromatic nitrogens is 3. The van der Waals surface area contributed by atoms with E-state index >= 15 is 0 Å². The van der Waals surface area contributed by atoms with Crippen LogP contribution in [0.25, 0.3) is 17.1 Å². The molecule has 0 bridgehead atoms. The van der Waals surface area contributed by atoms with Crippen LogP contribution in [0, 0.1) is 0 Å². The van der Waals surface area contributed by atoms with Crippen LogP contribution in [0.15, 0.2) is 35.7 Å². The number of carbonyl (C=O) groups excluding carboxylic acids is 2. The molecule has 4 rings (SSSR count). The molecule has 3 heterocycles. The van der Waals surface area contributed by atoms with Crippen molar-refractivity contribution in [3.05, 3.63) is 47.1 Å². The highest BCUT2D eigenvalue weighted by molar-refractivity contribution is 7.12. The highest BCUT2D eigenvalue weighted by Gasteiger charge is 2.30. The summed E-state index contributed by atoms with van der Waals surface area (Å²) in [6.45, 7) is 6.73. The van der Waals surface area contributed by atoms with E-state index in [-0.39, 0.29) is 12.0 Å². The number of hydrogen-bond acceptors (Lipinski definition) is 7. The van der Waals surface area contributed by atoms with Crippen molar-refractivity contribution >= 4 is 23.3 Å². The van der Waals surface area contributed by atoms with Crippen LogP contribution < -0.4 is 10.5 Å². The summed E-state index contributed by atoms with van der Waals surface area (Å²) in [5, 5.41) is 7.50. The number of ether oxygens (including phenoxy) is 2. The van der Waals surface area contributed by atoms with Gasteiger partial charge in [0.25, 0.3) is 0 Å². The fraction of sp³-hybridized carbons (Fsp3) is 0.417. The third-order valence-electron chi connectivity index (χ3n) is 5.57. The normalized spacial score (nSPS) is 14.8. The van der Waals surface area contributed by atoms with E-state index in [1.165, 1.54) is 11.3 Å². The van der Waals surface area contributed by atoms with E-state index in [0.29, 0.717) is 36.0 Å². The van der Waals surface area contributed by atoms with Crippen molar-refractivity contribution in [1.82, 2.24) is 19.7 Å². The van der Waals surface area contributed by atoms with Crippen LogP contribution in [0.5, 0.6) is 5.06 Å². The number of hydrogen-bond donors (Lipinski definition) is 1. The van der Waals surface area contributed by atoms with E-state index in [4.69, 9.17) is 25.3 Å². The zero-order valence-corrected chi connectivity index (χ0v) is 20.6. The quantitative estimate of drug-likeness (QED) is 0.581. The van der Waals surface area contributed by atoms with E-state index in [9.17, 15) is 9.59 Å². The standard InChI is InChI=1S/C24H29N5O4S/c1-24(2,3)33-23(31)28-11-8-15(9-12-28)20-26-21(18-10-13-34-22(18)32-4)29(27-20)17-7-5-6-16(14-17)19(25)30/h5-7,10,13-15H,8-9,11-12H2,1-4H3,(H2,25,30). The Bertz CT molecular complexity index is 1190. The number of carbonyl (C=O) groups is 2. The Hall–Kier alpha value is -3.40. The predicted octanol–water partition coefficient (Wildman–Crippen LogP) is 4.22. The molecule has 0 radical (unpaired) electrons. The lowest BCUT2D eigenvalue weighted by Gasteiger charge is -2.32. The minimum atomic E-state index is -0.526. The number of nitrogens with two attached hydrogens (primary N) is 1. The number of amides is 2. The van der Waals surface area contributed by atoms with Crippen molar-refractivity contribution in [2.24, 2.45) is 5.73 Å². The smallest absolute Gasteiger partial charge is 0.410 e. The summed E-state index contributed by atoms with van der Waals surface area (Å²) in [6.07, 6.45) is 1.16. The first-order valence-corrected chi connectivity index (χ1v) is 12.0. The van der Waals surface area contributed by atoms with Gasteiger partial charge in [0.2, 0.25) is 5.91 Å². The molecule has 2 N–H and O–H groups in total. The highest BCUT2D eigenvalue weighted by atomic mass is 32.1. The number of methoxy groups -OCH3 is 1. The van der Waals surface area contributed by atoms with Crippen LogP contribution in [0.2, 0.25) is 0 Å². The first kappa shape index (κ1) is 23.7. The summed E-state index contributed by atoms with van der Waals surface area (Å²) < 4.78 is 12.8. The maximum absolute atomic E-state index is 12.4. The van der Waals surface area contributed by atoms with Gasteiger partial charge in [-0.2, -0.15) is 5.10 Å². The topological polar surface area (TPSA) is 113 Å². The van der Waals surface area contributed by atoms with Crippen molar-refractivity contribution in [1.29, 1.82) is 0 Å². The second kappa shape index (κ2) is 9.46. The lowest BCUT2D eigenvalue weighted by Crippen LogP contribution is -2.41. The molecule has 2 amide bonds. The summed E-state index contributed by atoms with van der Waals surface area (Å²) in [5.41, 5.74) is 6.86. The van der Waals surface area contributed by atoms with Gasteiger partial charge in [-0.15, -0.1) is 11.3 Å². The third kappa shape index (κ3) is 5.06. The molecule has 10 heteroatoms. The van der Waals surface area contributed by atoms with E-state index < -0.39 is 11.5 Å². The number of benzene rings is 1. The minimum absolute atomic E-state index is 0.0858. The van der Waals surface area contributed by atoms with Gasteiger partial charge in [0.05, 0.1) is 18.4 Å². The fourth-order valence-corrected chi connectivity index (χ4v) is 4.62. The number of rotatable bonds is 5. The summed E-state index contributed by atoms with van der Waals surface area (Å²) in [5.74, 6) is 0.898. The zero-order valence-electron chi connectivity index (χ0n) is 19.8. The number of nitrogens with zero attached hydrogens (tertiary/aromatic N) is 4. The van der Waals surface area contributed by atoms with Crippen molar-refractivity contribution in [3.63, 3.8) is 0 Å². The largest absolute Gasteiger partial charge is 0.487 e. The highest BCUT2D eigenvalue weighted by Crippen LogP contribution is 2.37. The molecule has 3 aromatic rings. The van der Waals surface area contributed by atoms with Crippen LogP contribution in [-0.2, 0) is 4.74 Å². The van der Waals surface area contributed by atoms with E-state index in [2.05, 4.69) is 0 Å². The van der Waals surface area contributed by atoms with Gasteiger partial charge in [0.15, 0.2) is 16.7 Å². The van der Waals surface area contributed by atoms with Crippen LogP contribution in [-0.4, -0.2) is 57.5 Å². The van der Waals surface area contributed by atoms with Gasteiger partial charge in [-0.1, -0.05) is 6.07 Å². The zero-order chi connectivity index (χ0) is 24.5. The molecular weight excluding hydrogens is 454 g/mol. The van der Waals surface area contributed by atoms with Gasteiger partial charge in [-0.25, -0.2) is 14.5 Å². The van der Waals surface area contributed by atoms with Crippen molar-refractivity contribution in [2.45, 2.75) is 45.1 Å². The maximum atomic E-state index is 12.4. The molecule has 0 spiro atoms. The Kier molecular flexibility index (Phi) is 6.60. The third-order valence-corrected chi connectivity index (χ3v) is 6.44.